The average Bonchev–Trinajstić information content (AvgIpc) is 3.12. The van der Waals surface area contributed by atoms with Crippen LogP contribution in [0.2, 0.25) is 0 Å². The van der Waals surface area contributed by atoms with Crippen LogP contribution in [0.3, 0.4) is 0 Å². The van der Waals surface area contributed by atoms with Gasteiger partial charge >= 0.3 is 0 Å². The van der Waals surface area contributed by atoms with Crippen LogP contribution in [-0.4, -0.2) is 15.9 Å². The van der Waals surface area contributed by atoms with Crippen LogP contribution >= 0.6 is 11.3 Å². The SMILES string of the molecule is O=C(CCc1ccccc1)Nc1ccc(-c2nc3ccccc3s2)cn1. The number of thiazole rings is 1. The fourth-order valence-electron chi connectivity index (χ4n) is 2.70. The van der Waals surface area contributed by atoms with E-state index in [2.05, 4.69) is 21.4 Å². The number of carbonyl (C=O) groups is 1. The van der Waals surface area contributed by atoms with Gasteiger partial charge in [0.05, 0.1) is 10.2 Å². The summed E-state index contributed by atoms with van der Waals surface area (Å²) in [7, 11) is 0. The number of benzene rings is 2. The van der Waals surface area contributed by atoms with Crippen LogP contribution in [0.25, 0.3) is 20.8 Å². The molecule has 2 aromatic carbocycles. The van der Waals surface area contributed by atoms with E-state index >= 15 is 0 Å². The predicted octanol–water partition coefficient (Wildman–Crippen LogP) is 4.93. The van der Waals surface area contributed by atoms with Gasteiger partial charge in [-0.3, -0.25) is 4.79 Å². The van der Waals surface area contributed by atoms with Gasteiger partial charge < -0.3 is 5.32 Å². The van der Waals surface area contributed by atoms with Crippen molar-refractivity contribution >= 4 is 33.3 Å². The summed E-state index contributed by atoms with van der Waals surface area (Å²) in [5, 5.41) is 3.78. The maximum atomic E-state index is 12.1. The van der Waals surface area contributed by atoms with Crippen molar-refractivity contribution in [1.82, 2.24) is 9.97 Å². The van der Waals surface area contributed by atoms with Crippen LogP contribution in [0, 0.1) is 0 Å². The average molecular weight is 359 g/mol. The first-order valence-electron chi connectivity index (χ1n) is 8.44. The highest BCUT2D eigenvalue weighted by atomic mass is 32.1. The monoisotopic (exact) mass is 359 g/mol. The highest BCUT2D eigenvalue weighted by molar-refractivity contribution is 7.21. The number of carbonyl (C=O) groups excluding carboxylic acids is 1. The predicted molar refractivity (Wildman–Crippen MR) is 106 cm³/mol. The summed E-state index contributed by atoms with van der Waals surface area (Å²) < 4.78 is 1.15. The molecule has 26 heavy (non-hydrogen) atoms. The van der Waals surface area contributed by atoms with Gasteiger partial charge in [-0.2, -0.15) is 0 Å². The smallest absolute Gasteiger partial charge is 0.225 e. The molecule has 5 heteroatoms. The molecule has 0 aliphatic rings. The Balaban J connectivity index is 1.40. The summed E-state index contributed by atoms with van der Waals surface area (Å²) in [6.07, 6.45) is 2.91. The van der Waals surface area contributed by atoms with Crippen molar-refractivity contribution in [3.8, 4) is 10.6 Å². The molecule has 0 fully saturated rings. The highest BCUT2D eigenvalue weighted by Gasteiger charge is 2.08. The Morgan fingerprint density at radius 2 is 1.77 bits per heavy atom. The number of fused-ring (bicyclic) bond motifs is 1. The second kappa shape index (κ2) is 7.45. The van der Waals surface area contributed by atoms with Gasteiger partial charge in [-0.15, -0.1) is 11.3 Å². The maximum Gasteiger partial charge on any atom is 0.225 e. The first kappa shape index (κ1) is 16.4. The molecule has 0 bridgehead atoms. The highest BCUT2D eigenvalue weighted by Crippen LogP contribution is 2.29. The zero-order valence-corrected chi connectivity index (χ0v) is 14.9. The van der Waals surface area contributed by atoms with Crippen molar-refractivity contribution in [2.75, 3.05) is 5.32 Å². The molecule has 0 unspecified atom stereocenters. The van der Waals surface area contributed by atoms with Gasteiger partial charge in [0.2, 0.25) is 5.91 Å². The number of aryl methyl sites for hydroxylation is 1. The van der Waals surface area contributed by atoms with Crippen molar-refractivity contribution in [2.24, 2.45) is 0 Å². The van der Waals surface area contributed by atoms with Gasteiger partial charge in [-0.1, -0.05) is 42.5 Å². The van der Waals surface area contributed by atoms with Gasteiger partial charge in [0.25, 0.3) is 0 Å². The lowest BCUT2D eigenvalue weighted by Crippen LogP contribution is -2.13. The van der Waals surface area contributed by atoms with Gasteiger partial charge in [-0.05, 0) is 36.2 Å². The third kappa shape index (κ3) is 3.78. The number of aromatic nitrogens is 2. The zero-order chi connectivity index (χ0) is 17.8. The molecule has 4 aromatic rings. The molecule has 0 saturated carbocycles. The minimum Gasteiger partial charge on any atom is -0.311 e. The lowest BCUT2D eigenvalue weighted by molar-refractivity contribution is -0.116. The molecular formula is C21H17N3OS. The van der Waals surface area contributed by atoms with E-state index in [1.54, 1.807) is 17.5 Å². The van der Waals surface area contributed by atoms with Crippen molar-refractivity contribution in [1.29, 1.82) is 0 Å². The molecule has 0 aliphatic heterocycles. The van der Waals surface area contributed by atoms with E-state index < -0.39 is 0 Å². The quantitative estimate of drug-likeness (QED) is 0.550. The molecule has 0 spiro atoms. The normalized spacial score (nSPS) is 10.8. The number of amides is 1. The van der Waals surface area contributed by atoms with Crippen molar-refractivity contribution in [3.05, 3.63) is 78.5 Å². The Labute approximate surface area is 155 Å². The van der Waals surface area contributed by atoms with Crippen LogP contribution in [0.5, 0.6) is 0 Å². The van der Waals surface area contributed by atoms with Crippen LogP contribution in [0.1, 0.15) is 12.0 Å². The summed E-state index contributed by atoms with van der Waals surface area (Å²) in [5.41, 5.74) is 3.10. The van der Waals surface area contributed by atoms with Crippen molar-refractivity contribution < 1.29 is 4.79 Å². The summed E-state index contributed by atoms with van der Waals surface area (Å²) >= 11 is 1.64. The molecular weight excluding hydrogens is 342 g/mol. The Kier molecular flexibility index (Phi) is 4.71. The molecule has 0 saturated heterocycles. The molecule has 128 valence electrons. The Morgan fingerprint density at radius 3 is 2.54 bits per heavy atom. The molecule has 0 atom stereocenters. The molecule has 0 aliphatic carbocycles. The summed E-state index contributed by atoms with van der Waals surface area (Å²) in [5.74, 6) is 0.530. The van der Waals surface area contributed by atoms with Gasteiger partial charge in [0, 0.05) is 18.2 Å². The van der Waals surface area contributed by atoms with E-state index in [1.807, 2.05) is 60.7 Å². The number of hydrogen-bond acceptors (Lipinski definition) is 4. The first-order chi connectivity index (χ1) is 12.8. The largest absolute Gasteiger partial charge is 0.311 e. The van der Waals surface area contributed by atoms with Gasteiger partial charge in [-0.25, -0.2) is 9.97 Å². The summed E-state index contributed by atoms with van der Waals surface area (Å²) in [6, 6.07) is 21.8. The van der Waals surface area contributed by atoms with E-state index in [-0.39, 0.29) is 5.91 Å². The molecule has 0 radical (unpaired) electrons. The number of rotatable bonds is 5. The first-order valence-corrected chi connectivity index (χ1v) is 9.25. The molecule has 1 amide bonds. The number of pyridine rings is 1. The lowest BCUT2D eigenvalue weighted by Gasteiger charge is -2.05. The second-order valence-electron chi connectivity index (χ2n) is 5.95. The number of anilines is 1. The Morgan fingerprint density at radius 1 is 0.962 bits per heavy atom. The van der Waals surface area contributed by atoms with E-state index in [0.29, 0.717) is 12.2 Å². The van der Waals surface area contributed by atoms with E-state index in [4.69, 9.17) is 0 Å². The second-order valence-corrected chi connectivity index (χ2v) is 6.98. The number of nitrogens with one attached hydrogen (secondary N) is 1. The number of nitrogens with zero attached hydrogens (tertiary/aromatic N) is 2. The van der Waals surface area contributed by atoms with Crippen LogP contribution in [0.4, 0.5) is 5.82 Å². The van der Waals surface area contributed by atoms with Crippen LogP contribution in [-0.2, 0) is 11.2 Å². The van der Waals surface area contributed by atoms with Gasteiger partial charge in [0.15, 0.2) is 0 Å². The van der Waals surface area contributed by atoms with E-state index in [1.165, 1.54) is 0 Å². The van der Waals surface area contributed by atoms with E-state index in [0.717, 1.165) is 32.8 Å². The molecule has 4 nitrogen and oxygen atoms in total. The summed E-state index contributed by atoms with van der Waals surface area (Å²) in [4.78, 5) is 21.1. The van der Waals surface area contributed by atoms with Crippen LogP contribution in [0.15, 0.2) is 72.9 Å². The van der Waals surface area contributed by atoms with Crippen LogP contribution < -0.4 is 5.32 Å². The van der Waals surface area contributed by atoms with Crippen molar-refractivity contribution in [3.63, 3.8) is 0 Å². The topological polar surface area (TPSA) is 54.9 Å². The van der Waals surface area contributed by atoms with Gasteiger partial charge in [0.1, 0.15) is 10.8 Å². The minimum atomic E-state index is -0.0332. The Bertz CT molecular complexity index is 993. The number of para-hydroxylation sites is 1. The number of hydrogen-bond donors (Lipinski definition) is 1. The zero-order valence-electron chi connectivity index (χ0n) is 14.1. The van der Waals surface area contributed by atoms with Crippen molar-refractivity contribution in [2.45, 2.75) is 12.8 Å². The molecule has 4 rings (SSSR count). The standard InChI is InChI=1S/C21H17N3OS/c25-20(13-10-15-6-2-1-3-7-15)24-19-12-11-16(14-22-19)21-23-17-8-4-5-9-18(17)26-21/h1-9,11-12,14H,10,13H2,(H,22,24,25). The maximum absolute atomic E-state index is 12.1. The fourth-order valence-corrected chi connectivity index (χ4v) is 3.65. The molecule has 2 aromatic heterocycles. The minimum absolute atomic E-state index is 0.0332. The fraction of sp³-hybridized carbons (Fsp3) is 0.0952. The molecule has 1 N–H and O–H groups in total. The third-order valence-corrected chi connectivity index (χ3v) is 5.14. The summed E-state index contributed by atoms with van der Waals surface area (Å²) in [6.45, 7) is 0. The third-order valence-electron chi connectivity index (χ3n) is 4.06. The van der Waals surface area contributed by atoms with E-state index in [9.17, 15) is 4.79 Å². The lowest BCUT2D eigenvalue weighted by atomic mass is 10.1. The Hall–Kier alpha value is -3.05. The molecule has 2 heterocycles.